The zero-order valence-electron chi connectivity index (χ0n) is 12.0. The molecule has 0 bridgehead atoms. The second kappa shape index (κ2) is 7.64. The Morgan fingerprint density at radius 3 is 2.53 bits per heavy atom. The lowest BCUT2D eigenvalue weighted by molar-refractivity contribution is 0.332. The fourth-order valence-electron chi connectivity index (χ4n) is 3.01. The van der Waals surface area contributed by atoms with Crippen molar-refractivity contribution in [3.8, 4) is 0 Å². The van der Waals surface area contributed by atoms with Gasteiger partial charge >= 0.3 is 0 Å². The van der Waals surface area contributed by atoms with Gasteiger partial charge in [-0.25, -0.2) is 0 Å². The molecule has 2 heteroatoms. The predicted molar refractivity (Wildman–Crippen MR) is 91.3 cm³/mol. The predicted octanol–water partition coefficient (Wildman–Crippen LogP) is 5.50. The Labute approximate surface area is 128 Å². The zero-order chi connectivity index (χ0) is 13.6. The minimum Gasteiger partial charge on any atom is -0.179 e. The number of benzene rings is 1. The lowest BCUT2D eigenvalue weighted by Crippen LogP contribution is -2.25. The molecule has 0 N–H and O–H groups in total. The summed E-state index contributed by atoms with van der Waals surface area (Å²) in [7, 11) is 0. The van der Waals surface area contributed by atoms with E-state index in [2.05, 4.69) is 55.6 Å². The molecule has 0 unspecified atom stereocenters. The van der Waals surface area contributed by atoms with Crippen LogP contribution >= 0.6 is 24.4 Å². The average Bonchev–Trinajstić information content (AvgIpc) is 2.65. The molecule has 0 spiro atoms. The Hall–Kier alpha value is -0.0800. The molecule has 19 heavy (non-hydrogen) atoms. The van der Waals surface area contributed by atoms with Gasteiger partial charge in [-0.3, -0.25) is 0 Å². The van der Waals surface area contributed by atoms with E-state index in [0.29, 0.717) is 5.41 Å². The summed E-state index contributed by atoms with van der Waals surface area (Å²) in [6.45, 7) is 2.18. The summed E-state index contributed by atoms with van der Waals surface area (Å²) in [5, 5.41) is 0. The van der Waals surface area contributed by atoms with Crippen molar-refractivity contribution in [2.45, 2.75) is 51.2 Å². The average molecular weight is 295 g/mol. The van der Waals surface area contributed by atoms with Gasteiger partial charge < -0.3 is 0 Å². The zero-order valence-corrected chi connectivity index (χ0v) is 13.7. The quantitative estimate of drug-likeness (QED) is 0.553. The van der Waals surface area contributed by atoms with Crippen LogP contribution in [0.15, 0.2) is 24.3 Å². The van der Waals surface area contributed by atoms with Crippen LogP contribution in [0.25, 0.3) is 0 Å². The third-order valence-electron chi connectivity index (χ3n) is 4.26. The minimum absolute atomic E-state index is 0.508. The van der Waals surface area contributed by atoms with Gasteiger partial charge in [0.15, 0.2) is 0 Å². The molecule has 0 saturated heterocycles. The minimum atomic E-state index is 0.508. The number of thioether (sulfide) groups is 1. The molecule has 0 radical (unpaired) electrons. The van der Waals surface area contributed by atoms with Crippen LogP contribution in [0.3, 0.4) is 0 Å². The summed E-state index contributed by atoms with van der Waals surface area (Å²) in [5.74, 6) is 3.50. The highest BCUT2D eigenvalue weighted by atomic mass is 32.2. The maximum Gasteiger partial charge on any atom is 0.0184 e. The highest BCUT2D eigenvalue weighted by Crippen LogP contribution is 2.39. The molecule has 1 aromatic carbocycles. The molecule has 0 nitrogen and oxygen atoms in total. The van der Waals surface area contributed by atoms with Crippen molar-refractivity contribution in [2.75, 3.05) is 11.5 Å². The Morgan fingerprint density at radius 2 is 1.89 bits per heavy atom. The van der Waals surface area contributed by atoms with Gasteiger partial charge in [-0.1, -0.05) is 55.5 Å². The summed E-state index contributed by atoms with van der Waals surface area (Å²) >= 11 is 6.77. The van der Waals surface area contributed by atoms with Gasteiger partial charge in [0, 0.05) is 11.5 Å². The highest BCUT2D eigenvalue weighted by molar-refractivity contribution is 7.98. The first kappa shape index (κ1) is 15.3. The second-order valence-corrected chi connectivity index (χ2v) is 7.36. The van der Waals surface area contributed by atoms with E-state index < -0.39 is 0 Å². The van der Waals surface area contributed by atoms with Gasteiger partial charge in [-0.05, 0) is 36.5 Å². The maximum atomic E-state index is 4.66. The Kier molecular flexibility index (Phi) is 6.15. The van der Waals surface area contributed by atoms with E-state index in [4.69, 9.17) is 0 Å². The number of rotatable bonds is 5. The van der Waals surface area contributed by atoms with Crippen molar-refractivity contribution in [3.05, 3.63) is 35.4 Å². The molecule has 1 fully saturated rings. The van der Waals surface area contributed by atoms with Crippen molar-refractivity contribution in [2.24, 2.45) is 5.41 Å². The van der Waals surface area contributed by atoms with E-state index in [-0.39, 0.29) is 0 Å². The SMILES string of the molecule is Cc1cccc(CSCC2(CS)CCCCCC2)c1. The summed E-state index contributed by atoms with van der Waals surface area (Å²) in [5.41, 5.74) is 3.35. The normalized spacial score (nSPS) is 19.1. The van der Waals surface area contributed by atoms with Crippen LogP contribution in [-0.4, -0.2) is 11.5 Å². The van der Waals surface area contributed by atoms with Crippen molar-refractivity contribution in [1.82, 2.24) is 0 Å². The molecule has 0 heterocycles. The van der Waals surface area contributed by atoms with Crippen molar-refractivity contribution >= 4 is 24.4 Å². The molecule has 0 aromatic heterocycles. The molecular weight excluding hydrogens is 268 g/mol. The second-order valence-electron chi connectivity index (χ2n) is 6.05. The summed E-state index contributed by atoms with van der Waals surface area (Å²) < 4.78 is 0. The molecule has 1 aliphatic carbocycles. The van der Waals surface area contributed by atoms with Crippen LogP contribution in [0.4, 0.5) is 0 Å². The van der Waals surface area contributed by atoms with Crippen LogP contribution < -0.4 is 0 Å². The van der Waals surface area contributed by atoms with Crippen LogP contribution in [-0.2, 0) is 5.75 Å². The van der Waals surface area contributed by atoms with E-state index in [1.807, 2.05) is 0 Å². The van der Waals surface area contributed by atoms with Crippen molar-refractivity contribution < 1.29 is 0 Å². The highest BCUT2D eigenvalue weighted by Gasteiger charge is 2.29. The largest absolute Gasteiger partial charge is 0.179 e. The van der Waals surface area contributed by atoms with Crippen LogP contribution in [0.5, 0.6) is 0 Å². The molecule has 0 amide bonds. The van der Waals surface area contributed by atoms with Gasteiger partial charge in [-0.2, -0.15) is 24.4 Å². The molecule has 1 aromatic rings. The monoisotopic (exact) mass is 294 g/mol. The van der Waals surface area contributed by atoms with E-state index >= 15 is 0 Å². The maximum absolute atomic E-state index is 4.66. The Balaban J connectivity index is 1.85. The molecule has 2 rings (SSSR count). The van der Waals surface area contributed by atoms with Gasteiger partial charge in [0.25, 0.3) is 0 Å². The van der Waals surface area contributed by atoms with Crippen molar-refractivity contribution in [3.63, 3.8) is 0 Å². The fraction of sp³-hybridized carbons (Fsp3) is 0.647. The Morgan fingerprint density at radius 1 is 1.16 bits per heavy atom. The van der Waals surface area contributed by atoms with Crippen LogP contribution in [0.2, 0.25) is 0 Å². The first-order valence-corrected chi connectivity index (χ1v) is 9.27. The number of hydrogen-bond acceptors (Lipinski definition) is 2. The summed E-state index contributed by atoms with van der Waals surface area (Å²) in [6.07, 6.45) is 8.45. The standard InChI is InChI=1S/C17H26S2/c1-15-7-6-8-16(11-15)12-19-14-17(13-18)9-4-2-3-5-10-17/h6-8,11,18H,2-5,9-10,12-14H2,1H3. The van der Waals surface area contributed by atoms with E-state index in [1.165, 1.54) is 55.4 Å². The van der Waals surface area contributed by atoms with Gasteiger partial charge in [0.05, 0.1) is 0 Å². The third-order valence-corrected chi connectivity index (χ3v) is 6.28. The van der Waals surface area contributed by atoms with Crippen LogP contribution in [0, 0.1) is 12.3 Å². The molecule has 1 aliphatic rings. The summed E-state index contributed by atoms with van der Waals surface area (Å²) in [4.78, 5) is 0. The van der Waals surface area contributed by atoms with Crippen molar-refractivity contribution in [1.29, 1.82) is 0 Å². The lowest BCUT2D eigenvalue weighted by Gasteiger charge is -2.30. The fourth-order valence-corrected chi connectivity index (χ4v) is 4.93. The molecule has 1 saturated carbocycles. The van der Waals surface area contributed by atoms with Crippen LogP contribution in [0.1, 0.15) is 49.7 Å². The van der Waals surface area contributed by atoms with E-state index in [0.717, 1.165) is 11.5 Å². The smallest absolute Gasteiger partial charge is 0.0184 e. The van der Waals surface area contributed by atoms with E-state index in [1.54, 1.807) is 0 Å². The topological polar surface area (TPSA) is 0 Å². The first-order chi connectivity index (χ1) is 9.24. The first-order valence-electron chi connectivity index (χ1n) is 7.48. The molecule has 0 aliphatic heterocycles. The summed E-state index contributed by atoms with van der Waals surface area (Å²) in [6, 6.07) is 8.91. The number of thiol groups is 1. The lowest BCUT2D eigenvalue weighted by atomic mass is 9.84. The molecule has 0 atom stereocenters. The van der Waals surface area contributed by atoms with E-state index in [9.17, 15) is 0 Å². The Bertz CT molecular complexity index is 379. The molecule has 106 valence electrons. The molecular formula is C17H26S2. The van der Waals surface area contributed by atoms with Gasteiger partial charge in [0.1, 0.15) is 0 Å². The van der Waals surface area contributed by atoms with Gasteiger partial charge in [0.2, 0.25) is 0 Å². The third kappa shape index (κ3) is 4.75. The van der Waals surface area contributed by atoms with Gasteiger partial charge in [-0.15, -0.1) is 0 Å². The number of aryl methyl sites for hydroxylation is 1. The number of hydrogen-bond donors (Lipinski definition) is 1.